The molecule has 2 N–H and O–H groups in total. The normalized spacial score (nSPS) is 14.0. The lowest BCUT2D eigenvalue weighted by molar-refractivity contribution is -0.384. The number of methoxy groups -OCH3 is 1. The van der Waals surface area contributed by atoms with Gasteiger partial charge in [-0.3, -0.25) is 10.1 Å². The van der Waals surface area contributed by atoms with Crippen molar-refractivity contribution in [2.75, 3.05) is 43.5 Å². The fraction of sp³-hybridized carbons (Fsp3) is 0.278. The average molecular weight is 388 g/mol. The highest BCUT2D eigenvalue weighted by atomic mass is 32.1. The molecule has 142 valence electrons. The van der Waals surface area contributed by atoms with Gasteiger partial charge >= 0.3 is 0 Å². The van der Waals surface area contributed by atoms with Gasteiger partial charge in [0.05, 0.1) is 23.8 Å². The fourth-order valence-corrected chi connectivity index (χ4v) is 3.24. The first kappa shape index (κ1) is 18.7. The standard InChI is InChI=1S/C18H20N4O4S/c1-26-17-12-14(22(24)25)5-6-16(17)19-18(27)21-9-7-20(8-10-21)13-3-2-4-15(23)11-13/h2-6,11-12,23H,7-10H2,1H3,(H,19,27). The number of aromatic hydroxyl groups is 1. The van der Waals surface area contributed by atoms with Crippen molar-refractivity contribution in [2.24, 2.45) is 0 Å². The third-order valence-corrected chi connectivity index (χ3v) is 4.76. The second kappa shape index (κ2) is 8.09. The maximum absolute atomic E-state index is 10.9. The molecule has 1 aliphatic heterocycles. The number of piperazine rings is 1. The highest BCUT2D eigenvalue weighted by Crippen LogP contribution is 2.29. The summed E-state index contributed by atoms with van der Waals surface area (Å²) >= 11 is 5.49. The van der Waals surface area contributed by atoms with Crippen LogP contribution in [0.1, 0.15) is 0 Å². The average Bonchev–Trinajstić information content (AvgIpc) is 2.68. The Morgan fingerprint density at radius 3 is 2.59 bits per heavy atom. The number of rotatable bonds is 4. The van der Waals surface area contributed by atoms with Gasteiger partial charge in [-0.25, -0.2) is 0 Å². The van der Waals surface area contributed by atoms with Crippen molar-refractivity contribution >= 4 is 34.4 Å². The van der Waals surface area contributed by atoms with Gasteiger partial charge in [0.2, 0.25) is 0 Å². The lowest BCUT2D eigenvalue weighted by atomic mass is 10.2. The first-order chi connectivity index (χ1) is 13.0. The summed E-state index contributed by atoms with van der Waals surface area (Å²) < 4.78 is 5.23. The van der Waals surface area contributed by atoms with Crippen LogP contribution in [0.15, 0.2) is 42.5 Å². The highest BCUT2D eigenvalue weighted by Gasteiger charge is 2.20. The van der Waals surface area contributed by atoms with Crippen molar-refractivity contribution in [3.8, 4) is 11.5 Å². The quantitative estimate of drug-likeness (QED) is 0.469. The number of nitrogens with zero attached hydrogens (tertiary/aromatic N) is 3. The van der Waals surface area contributed by atoms with E-state index in [-0.39, 0.29) is 11.4 Å². The number of hydrogen-bond donors (Lipinski definition) is 2. The van der Waals surface area contributed by atoms with Crippen molar-refractivity contribution in [1.29, 1.82) is 0 Å². The van der Waals surface area contributed by atoms with Gasteiger partial charge in [0, 0.05) is 44.0 Å². The van der Waals surface area contributed by atoms with E-state index in [1.165, 1.54) is 19.2 Å². The van der Waals surface area contributed by atoms with Crippen LogP contribution in [-0.4, -0.2) is 53.3 Å². The number of anilines is 2. The van der Waals surface area contributed by atoms with Gasteiger partial charge in [-0.15, -0.1) is 0 Å². The molecule has 2 aromatic rings. The number of nitrogens with one attached hydrogen (secondary N) is 1. The zero-order chi connectivity index (χ0) is 19.4. The smallest absolute Gasteiger partial charge is 0.273 e. The zero-order valence-corrected chi connectivity index (χ0v) is 15.6. The highest BCUT2D eigenvalue weighted by molar-refractivity contribution is 7.80. The molecule has 0 unspecified atom stereocenters. The van der Waals surface area contributed by atoms with Gasteiger partial charge in [0.15, 0.2) is 5.11 Å². The van der Waals surface area contributed by atoms with Crippen LogP contribution >= 0.6 is 12.2 Å². The Kier molecular flexibility index (Phi) is 5.60. The minimum absolute atomic E-state index is 0.0388. The molecule has 9 heteroatoms. The van der Waals surface area contributed by atoms with E-state index in [9.17, 15) is 15.2 Å². The number of ether oxygens (including phenoxy) is 1. The monoisotopic (exact) mass is 388 g/mol. The summed E-state index contributed by atoms with van der Waals surface area (Å²) in [6.45, 7) is 2.97. The molecular weight excluding hydrogens is 368 g/mol. The maximum atomic E-state index is 10.9. The zero-order valence-electron chi connectivity index (χ0n) is 14.8. The van der Waals surface area contributed by atoms with Crippen molar-refractivity contribution < 1.29 is 14.8 Å². The number of thiocarbonyl (C=S) groups is 1. The van der Waals surface area contributed by atoms with E-state index >= 15 is 0 Å². The van der Waals surface area contributed by atoms with Crippen LogP contribution in [0.4, 0.5) is 17.1 Å². The SMILES string of the molecule is COc1cc([N+](=O)[O-])ccc1NC(=S)N1CCN(c2cccc(O)c2)CC1. The van der Waals surface area contributed by atoms with Crippen molar-refractivity contribution in [2.45, 2.75) is 0 Å². The molecule has 2 aromatic carbocycles. The summed E-state index contributed by atoms with van der Waals surface area (Å²) in [5, 5.41) is 24.2. The van der Waals surface area contributed by atoms with Crippen LogP contribution in [0.2, 0.25) is 0 Å². The van der Waals surface area contributed by atoms with Crippen molar-refractivity contribution in [3.05, 3.63) is 52.6 Å². The number of nitro benzene ring substituents is 1. The summed E-state index contributed by atoms with van der Waals surface area (Å²) in [4.78, 5) is 14.6. The number of nitro groups is 1. The molecule has 8 nitrogen and oxygen atoms in total. The van der Waals surface area contributed by atoms with Gasteiger partial charge < -0.3 is 25.0 Å². The van der Waals surface area contributed by atoms with Gasteiger partial charge in [-0.2, -0.15) is 0 Å². The Labute approximate surface area is 162 Å². The lowest BCUT2D eigenvalue weighted by Gasteiger charge is -2.37. The molecule has 0 spiro atoms. The molecule has 0 atom stereocenters. The largest absolute Gasteiger partial charge is 0.508 e. The minimum Gasteiger partial charge on any atom is -0.508 e. The Morgan fingerprint density at radius 2 is 1.96 bits per heavy atom. The molecule has 0 aliphatic carbocycles. The molecule has 0 aromatic heterocycles. The maximum Gasteiger partial charge on any atom is 0.273 e. The molecule has 3 rings (SSSR count). The number of benzene rings is 2. The molecule has 0 radical (unpaired) electrons. The van der Waals surface area contributed by atoms with Crippen LogP contribution in [0, 0.1) is 10.1 Å². The molecule has 27 heavy (non-hydrogen) atoms. The Bertz CT molecular complexity index is 853. The van der Waals surface area contributed by atoms with Crippen LogP contribution in [-0.2, 0) is 0 Å². The van der Waals surface area contributed by atoms with Gasteiger partial charge in [0.1, 0.15) is 11.5 Å². The van der Waals surface area contributed by atoms with Gasteiger partial charge in [-0.05, 0) is 30.4 Å². The number of phenols is 1. The summed E-state index contributed by atoms with van der Waals surface area (Å²) in [5.74, 6) is 0.613. The third-order valence-electron chi connectivity index (χ3n) is 4.40. The third kappa shape index (κ3) is 4.37. The topological polar surface area (TPSA) is 91.1 Å². The van der Waals surface area contributed by atoms with E-state index in [0.29, 0.717) is 16.5 Å². The first-order valence-corrected chi connectivity index (χ1v) is 8.81. The summed E-state index contributed by atoms with van der Waals surface area (Å²) in [5.41, 5.74) is 1.53. The molecule has 1 saturated heterocycles. The summed E-state index contributed by atoms with van der Waals surface area (Å²) in [7, 11) is 1.46. The van der Waals surface area contributed by atoms with E-state index < -0.39 is 4.92 Å². The molecular formula is C18H20N4O4S. The Hall–Kier alpha value is -3.07. The van der Waals surface area contributed by atoms with Crippen molar-refractivity contribution in [3.63, 3.8) is 0 Å². The summed E-state index contributed by atoms with van der Waals surface area (Å²) in [6, 6.07) is 11.5. The molecule has 0 saturated carbocycles. The van der Waals surface area contributed by atoms with E-state index in [1.807, 2.05) is 17.0 Å². The second-order valence-corrected chi connectivity index (χ2v) is 6.45. The first-order valence-electron chi connectivity index (χ1n) is 8.40. The van der Waals surface area contributed by atoms with E-state index in [1.54, 1.807) is 18.2 Å². The predicted octanol–water partition coefficient (Wildman–Crippen LogP) is 2.83. The van der Waals surface area contributed by atoms with E-state index in [2.05, 4.69) is 10.2 Å². The van der Waals surface area contributed by atoms with E-state index in [0.717, 1.165) is 31.9 Å². The number of hydrogen-bond acceptors (Lipinski definition) is 6. The van der Waals surface area contributed by atoms with Gasteiger partial charge in [0.25, 0.3) is 5.69 Å². The number of non-ortho nitro benzene ring substituents is 1. The van der Waals surface area contributed by atoms with Crippen LogP contribution < -0.4 is 15.0 Å². The van der Waals surface area contributed by atoms with Gasteiger partial charge in [-0.1, -0.05) is 6.07 Å². The molecule has 1 fully saturated rings. The summed E-state index contributed by atoms with van der Waals surface area (Å²) in [6.07, 6.45) is 0. The second-order valence-electron chi connectivity index (χ2n) is 6.07. The van der Waals surface area contributed by atoms with Crippen LogP contribution in [0.5, 0.6) is 11.5 Å². The Balaban J connectivity index is 1.62. The fourth-order valence-electron chi connectivity index (χ4n) is 2.95. The lowest BCUT2D eigenvalue weighted by Crippen LogP contribution is -2.50. The van der Waals surface area contributed by atoms with Crippen LogP contribution in [0.3, 0.4) is 0 Å². The Morgan fingerprint density at radius 1 is 1.22 bits per heavy atom. The molecule has 0 amide bonds. The predicted molar refractivity (Wildman–Crippen MR) is 108 cm³/mol. The molecule has 0 bridgehead atoms. The minimum atomic E-state index is -0.467. The molecule has 1 aliphatic rings. The van der Waals surface area contributed by atoms with Crippen LogP contribution in [0.25, 0.3) is 0 Å². The molecule has 1 heterocycles. The van der Waals surface area contributed by atoms with E-state index in [4.69, 9.17) is 17.0 Å². The number of phenolic OH excluding ortho intramolecular Hbond substituents is 1. The van der Waals surface area contributed by atoms with Crippen molar-refractivity contribution in [1.82, 2.24) is 4.90 Å².